The van der Waals surface area contributed by atoms with Gasteiger partial charge in [0, 0.05) is 18.8 Å². The second-order valence-corrected chi connectivity index (χ2v) is 25.5. The molecule has 1 aromatic heterocycles. The normalized spacial score (nSPS) is 25.0. The molecule has 3 heterocycles. The minimum absolute atomic E-state index is 0.0165. The maximum Gasteiger partial charge on any atom is 0.415 e. The SMILES string of the molecule is CCOC(=O)NC(=O)NC1=CS(=O)(=O)OC12C(O[Si](C)(C)C(C)(C)C)O[C@@H](n1cc(C)c(=O)n(C)c1=O)C2O[Si](C)(C)C(C)(C)C. The van der Waals surface area contributed by atoms with Gasteiger partial charge in [0.1, 0.15) is 6.10 Å². The Labute approximate surface area is 272 Å². The summed E-state index contributed by atoms with van der Waals surface area (Å²) in [5.74, 6) is 0. The third kappa shape index (κ3) is 7.12. The van der Waals surface area contributed by atoms with Crippen molar-refractivity contribution in [1.29, 1.82) is 0 Å². The Morgan fingerprint density at radius 2 is 1.57 bits per heavy atom. The highest BCUT2D eigenvalue weighted by Crippen LogP contribution is 2.54. The molecule has 0 radical (unpaired) electrons. The number of hydrogen-bond donors (Lipinski definition) is 2. The smallest absolute Gasteiger partial charge is 0.415 e. The van der Waals surface area contributed by atoms with E-state index in [1.165, 1.54) is 20.2 Å². The number of aryl methyl sites for hydroxylation is 1. The van der Waals surface area contributed by atoms with Gasteiger partial charge in [0.05, 0.1) is 17.7 Å². The van der Waals surface area contributed by atoms with Gasteiger partial charge in [-0.05, 0) is 50.1 Å². The predicted octanol–water partition coefficient (Wildman–Crippen LogP) is 3.52. The fourth-order valence-electron chi connectivity index (χ4n) is 4.49. The topological polar surface area (TPSA) is 182 Å². The van der Waals surface area contributed by atoms with Crippen molar-refractivity contribution in [3.8, 4) is 0 Å². The summed E-state index contributed by atoms with van der Waals surface area (Å²) in [5, 5.41) is 4.29. The summed E-state index contributed by atoms with van der Waals surface area (Å²) in [4.78, 5) is 51.4. The van der Waals surface area contributed by atoms with E-state index in [0.717, 1.165) is 9.13 Å². The molecule has 0 aromatic carbocycles. The molecule has 2 N–H and O–H groups in total. The molecule has 260 valence electrons. The molecule has 3 amide bonds. The van der Waals surface area contributed by atoms with Crippen LogP contribution in [0.3, 0.4) is 0 Å². The lowest BCUT2D eigenvalue weighted by Gasteiger charge is -2.45. The van der Waals surface area contributed by atoms with Crippen LogP contribution in [0.4, 0.5) is 9.59 Å². The standard InChI is InChI=1S/C28H48N4O11SSi2/c1-14-39-24(35)30-23(34)29-18-16-44(37,38)43-28(18)19(41-45(10,11)26(3,4)5)21(32-15-17(2)20(33)31(9)25(32)36)40-22(28)42-46(12,13)27(6,7)8/h15-16,19,21-22H,14H2,1-13H3,(H2,29,30,34,35)/t19?,21-,22?,28?/m1/s1. The average molecular weight is 705 g/mol. The number of ether oxygens (including phenoxy) is 2. The molecule has 2 aliphatic rings. The molecule has 1 saturated heterocycles. The van der Waals surface area contributed by atoms with Crippen LogP contribution in [0, 0.1) is 6.92 Å². The van der Waals surface area contributed by atoms with E-state index in [2.05, 4.69) is 5.32 Å². The van der Waals surface area contributed by atoms with E-state index in [9.17, 15) is 27.6 Å². The summed E-state index contributed by atoms with van der Waals surface area (Å²) in [6, 6.07) is -1.11. The summed E-state index contributed by atoms with van der Waals surface area (Å²) < 4.78 is 59.6. The minimum atomic E-state index is -4.53. The van der Waals surface area contributed by atoms with Crippen molar-refractivity contribution >= 4 is 38.9 Å². The summed E-state index contributed by atoms with van der Waals surface area (Å²) in [6.07, 6.45) is -4.12. The van der Waals surface area contributed by atoms with Gasteiger partial charge < -0.3 is 23.6 Å². The highest BCUT2D eigenvalue weighted by molar-refractivity contribution is 7.90. The van der Waals surface area contributed by atoms with E-state index in [-0.39, 0.29) is 17.9 Å². The van der Waals surface area contributed by atoms with E-state index in [0.29, 0.717) is 5.41 Å². The van der Waals surface area contributed by atoms with Gasteiger partial charge in [0.2, 0.25) is 5.60 Å². The maximum absolute atomic E-state index is 13.6. The van der Waals surface area contributed by atoms with Crippen molar-refractivity contribution in [3.63, 3.8) is 0 Å². The van der Waals surface area contributed by atoms with Crippen LogP contribution in [0.5, 0.6) is 0 Å². The van der Waals surface area contributed by atoms with Gasteiger partial charge in [-0.2, -0.15) is 8.42 Å². The van der Waals surface area contributed by atoms with Crippen LogP contribution in [0.15, 0.2) is 26.9 Å². The Kier molecular flexibility index (Phi) is 10.2. The molecule has 15 nitrogen and oxygen atoms in total. The Morgan fingerprint density at radius 1 is 1.02 bits per heavy atom. The number of carbonyl (C=O) groups excluding carboxylic acids is 2. The van der Waals surface area contributed by atoms with Crippen LogP contribution < -0.4 is 21.9 Å². The monoisotopic (exact) mass is 704 g/mol. The first-order valence-corrected chi connectivity index (χ1v) is 22.2. The quantitative estimate of drug-likeness (QED) is 0.313. The molecule has 1 fully saturated rings. The van der Waals surface area contributed by atoms with Crippen molar-refractivity contribution in [1.82, 2.24) is 19.8 Å². The second kappa shape index (κ2) is 12.4. The largest absolute Gasteiger partial charge is 0.450 e. The Bertz CT molecular complexity index is 1640. The summed E-state index contributed by atoms with van der Waals surface area (Å²) >= 11 is 0. The van der Waals surface area contributed by atoms with Crippen LogP contribution in [0.2, 0.25) is 36.3 Å². The zero-order chi connectivity index (χ0) is 35.4. The van der Waals surface area contributed by atoms with Crippen molar-refractivity contribution < 1.29 is 40.5 Å². The molecular formula is C28H48N4O11SSi2. The minimum Gasteiger partial charge on any atom is -0.450 e. The van der Waals surface area contributed by atoms with E-state index >= 15 is 0 Å². The number of imide groups is 1. The zero-order valence-corrected chi connectivity index (χ0v) is 31.7. The fourth-order valence-corrected chi connectivity index (χ4v) is 8.11. The highest BCUT2D eigenvalue weighted by atomic mass is 32.2. The molecule has 4 atom stereocenters. The predicted molar refractivity (Wildman–Crippen MR) is 174 cm³/mol. The molecule has 2 aliphatic heterocycles. The van der Waals surface area contributed by atoms with Crippen LogP contribution in [0.1, 0.15) is 60.3 Å². The van der Waals surface area contributed by atoms with Crippen LogP contribution >= 0.6 is 0 Å². The number of aromatic nitrogens is 2. The number of urea groups is 1. The first-order chi connectivity index (χ1) is 20.7. The lowest BCUT2D eigenvalue weighted by molar-refractivity contribution is -0.147. The van der Waals surface area contributed by atoms with Crippen molar-refractivity contribution in [2.24, 2.45) is 7.05 Å². The van der Waals surface area contributed by atoms with Gasteiger partial charge in [-0.25, -0.2) is 23.9 Å². The Hall–Kier alpha value is -2.62. The van der Waals surface area contributed by atoms with E-state index in [1.54, 1.807) is 6.92 Å². The first kappa shape index (κ1) is 37.8. The van der Waals surface area contributed by atoms with E-state index in [4.69, 9.17) is 22.5 Å². The van der Waals surface area contributed by atoms with Crippen molar-refractivity contribution in [2.45, 2.75) is 116 Å². The molecule has 18 heteroatoms. The lowest BCUT2D eigenvalue weighted by atomic mass is 9.93. The number of carbonyl (C=O) groups is 2. The van der Waals surface area contributed by atoms with E-state index in [1.807, 2.05) is 73.0 Å². The number of hydrogen-bond acceptors (Lipinski definition) is 11. The second-order valence-electron chi connectivity index (χ2n) is 14.6. The maximum atomic E-state index is 13.6. The summed E-state index contributed by atoms with van der Waals surface area (Å²) in [5.41, 5.74) is -3.61. The highest BCUT2D eigenvalue weighted by Gasteiger charge is 2.69. The summed E-state index contributed by atoms with van der Waals surface area (Å²) in [7, 11) is -8.93. The average Bonchev–Trinajstić information content (AvgIpc) is 3.30. The van der Waals surface area contributed by atoms with Gasteiger partial charge in [-0.3, -0.25) is 13.9 Å². The van der Waals surface area contributed by atoms with Gasteiger partial charge in [-0.15, -0.1) is 0 Å². The van der Waals surface area contributed by atoms with E-state index < -0.39 is 84.4 Å². The molecule has 0 bridgehead atoms. The van der Waals surface area contributed by atoms with Crippen LogP contribution in [-0.4, -0.2) is 70.9 Å². The lowest BCUT2D eigenvalue weighted by Crippen LogP contribution is -2.61. The molecule has 3 unspecified atom stereocenters. The molecule has 1 aromatic rings. The zero-order valence-electron chi connectivity index (χ0n) is 28.9. The van der Waals surface area contributed by atoms with Gasteiger partial charge >= 0.3 is 17.8 Å². The third-order valence-electron chi connectivity index (χ3n) is 9.16. The van der Waals surface area contributed by atoms with Crippen LogP contribution in [0.25, 0.3) is 0 Å². The first-order valence-electron chi connectivity index (χ1n) is 14.9. The number of alkyl carbamates (subject to hydrolysis) is 1. The number of nitrogens with one attached hydrogen (secondary N) is 2. The third-order valence-corrected chi connectivity index (χ3v) is 19.1. The van der Waals surface area contributed by atoms with Gasteiger partial charge in [0.15, 0.2) is 29.2 Å². The Balaban J connectivity index is 2.39. The Morgan fingerprint density at radius 3 is 2.09 bits per heavy atom. The molecule has 1 spiro atoms. The summed E-state index contributed by atoms with van der Waals surface area (Å²) in [6.45, 7) is 22.5. The molecule has 46 heavy (non-hydrogen) atoms. The number of rotatable bonds is 7. The molecule has 0 saturated carbocycles. The molecule has 0 aliphatic carbocycles. The fraction of sp³-hybridized carbons (Fsp3) is 0.714. The van der Waals surface area contributed by atoms with Gasteiger partial charge in [-0.1, -0.05) is 41.5 Å². The molecule has 3 rings (SSSR count). The van der Waals surface area contributed by atoms with Crippen molar-refractivity contribution in [3.05, 3.63) is 43.7 Å². The number of amides is 3. The van der Waals surface area contributed by atoms with Gasteiger partial charge in [0.25, 0.3) is 15.7 Å². The number of nitrogens with zero attached hydrogens (tertiary/aromatic N) is 2. The van der Waals surface area contributed by atoms with Crippen LogP contribution in [-0.2, 0) is 39.7 Å². The molecular weight excluding hydrogens is 657 g/mol. The van der Waals surface area contributed by atoms with Crippen molar-refractivity contribution in [2.75, 3.05) is 6.61 Å².